The molecule has 1 fully saturated rings. The Kier molecular flexibility index (Phi) is 4.92. The van der Waals surface area contributed by atoms with Crippen LogP contribution in [0.25, 0.3) is 11.0 Å². The van der Waals surface area contributed by atoms with Gasteiger partial charge in [0.1, 0.15) is 0 Å². The van der Waals surface area contributed by atoms with Crippen molar-refractivity contribution in [3.05, 3.63) is 52.3 Å². The van der Waals surface area contributed by atoms with E-state index in [1.54, 1.807) is 28.0 Å². The molecule has 146 valence electrons. The number of thiophene rings is 1. The molecule has 0 unspecified atom stereocenters. The largest absolute Gasteiger partial charge is 0.437 e. The number of hydrogen-bond donors (Lipinski definition) is 0. The van der Waals surface area contributed by atoms with E-state index in [2.05, 4.69) is 9.97 Å². The Bertz CT molecular complexity index is 983. The summed E-state index contributed by atoms with van der Waals surface area (Å²) in [5.74, 6) is -0.181. The molecule has 0 atom stereocenters. The van der Waals surface area contributed by atoms with Crippen LogP contribution in [0.2, 0.25) is 0 Å². The van der Waals surface area contributed by atoms with Crippen LogP contribution in [-0.2, 0) is 17.4 Å². The Hall–Kier alpha value is -2.68. The summed E-state index contributed by atoms with van der Waals surface area (Å²) in [6.07, 6.45) is -4.28. The second kappa shape index (κ2) is 7.38. The summed E-state index contributed by atoms with van der Waals surface area (Å²) in [4.78, 5) is 24.7. The highest BCUT2D eigenvalue weighted by Crippen LogP contribution is 2.35. The van der Waals surface area contributed by atoms with Gasteiger partial charge in [0, 0.05) is 31.1 Å². The number of nitrogens with zero attached hydrogens (tertiary/aromatic N) is 4. The molecule has 3 aromatic rings. The van der Waals surface area contributed by atoms with Gasteiger partial charge < -0.3 is 9.80 Å². The van der Waals surface area contributed by atoms with E-state index in [-0.39, 0.29) is 30.3 Å². The number of amides is 1. The average Bonchev–Trinajstić information content (AvgIpc) is 3.19. The first kappa shape index (κ1) is 18.7. The number of anilines is 1. The van der Waals surface area contributed by atoms with E-state index < -0.39 is 11.9 Å². The van der Waals surface area contributed by atoms with Crippen LogP contribution in [0.3, 0.4) is 0 Å². The predicted molar refractivity (Wildman–Crippen MR) is 101 cm³/mol. The van der Waals surface area contributed by atoms with Crippen LogP contribution >= 0.6 is 11.3 Å². The topological polar surface area (TPSA) is 49.3 Å². The minimum atomic E-state index is -4.60. The van der Waals surface area contributed by atoms with Gasteiger partial charge in [-0.2, -0.15) is 13.2 Å². The standard InChI is InChI=1S/C19H17F3N4OS/c20-19(21,22)17-18(24-15-6-2-1-5-14(15)23-17)26-9-7-25(8-10-26)16(27)12-13-4-3-11-28-13/h1-6,11H,7-10,12H2. The molecule has 5 nitrogen and oxygen atoms in total. The summed E-state index contributed by atoms with van der Waals surface area (Å²) in [7, 11) is 0. The highest BCUT2D eigenvalue weighted by atomic mass is 32.1. The number of carbonyl (C=O) groups excluding carboxylic acids is 1. The molecule has 1 saturated heterocycles. The molecule has 0 aliphatic carbocycles. The summed E-state index contributed by atoms with van der Waals surface area (Å²) in [6, 6.07) is 10.3. The highest BCUT2D eigenvalue weighted by Gasteiger charge is 2.39. The molecule has 0 radical (unpaired) electrons. The van der Waals surface area contributed by atoms with Gasteiger partial charge in [-0.3, -0.25) is 4.79 Å². The monoisotopic (exact) mass is 406 g/mol. The predicted octanol–water partition coefficient (Wildman–Crippen LogP) is 3.60. The third-order valence-corrected chi connectivity index (χ3v) is 5.53. The zero-order chi connectivity index (χ0) is 19.7. The molecule has 0 saturated carbocycles. The summed E-state index contributed by atoms with van der Waals surface area (Å²) in [5.41, 5.74) is -0.352. The number of alkyl halides is 3. The quantitative estimate of drug-likeness (QED) is 0.667. The van der Waals surface area contributed by atoms with Crippen molar-refractivity contribution in [3.63, 3.8) is 0 Å². The molecule has 1 aliphatic rings. The fraction of sp³-hybridized carbons (Fsp3) is 0.316. The van der Waals surface area contributed by atoms with E-state index in [1.807, 2.05) is 17.5 Å². The zero-order valence-electron chi connectivity index (χ0n) is 14.8. The molecule has 9 heteroatoms. The van der Waals surface area contributed by atoms with Crippen LogP contribution in [0.1, 0.15) is 10.6 Å². The molecule has 1 aliphatic heterocycles. The number of halogens is 3. The van der Waals surface area contributed by atoms with Crippen LogP contribution < -0.4 is 4.90 Å². The van der Waals surface area contributed by atoms with E-state index in [1.165, 1.54) is 17.4 Å². The molecule has 2 aromatic heterocycles. The summed E-state index contributed by atoms with van der Waals surface area (Å²) in [6.45, 7) is 1.28. The lowest BCUT2D eigenvalue weighted by molar-refractivity contribution is -0.140. The van der Waals surface area contributed by atoms with Crippen molar-refractivity contribution in [1.82, 2.24) is 14.9 Å². The van der Waals surface area contributed by atoms with Crippen molar-refractivity contribution in [1.29, 1.82) is 0 Å². The number of carbonyl (C=O) groups is 1. The van der Waals surface area contributed by atoms with Gasteiger partial charge in [-0.15, -0.1) is 11.3 Å². The molecule has 0 bridgehead atoms. The number of hydrogen-bond acceptors (Lipinski definition) is 5. The first-order valence-electron chi connectivity index (χ1n) is 8.81. The maximum Gasteiger partial charge on any atom is 0.437 e. The van der Waals surface area contributed by atoms with E-state index in [0.29, 0.717) is 25.0 Å². The Morgan fingerprint density at radius 2 is 1.68 bits per heavy atom. The van der Waals surface area contributed by atoms with Gasteiger partial charge in [0.15, 0.2) is 11.5 Å². The minimum Gasteiger partial charge on any atom is -0.351 e. The lowest BCUT2D eigenvalue weighted by atomic mass is 10.2. The van der Waals surface area contributed by atoms with E-state index in [9.17, 15) is 18.0 Å². The second-order valence-corrected chi connectivity index (χ2v) is 7.54. The fourth-order valence-electron chi connectivity index (χ4n) is 3.24. The number of aromatic nitrogens is 2. The first-order chi connectivity index (χ1) is 13.4. The number of benzene rings is 1. The van der Waals surface area contributed by atoms with E-state index >= 15 is 0 Å². The Morgan fingerprint density at radius 1 is 1.00 bits per heavy atom. The van der Waals surface area contributed by atoms with Crippen LogP contribution in [0.4, 0.5) is 19.0 Å². The molecule has 28 heavy (non-hydrogen) atoms. The van der Waals surface area contributed by atoms with Gasteiger partial charge in [-0.25, -0.2) is 9.97 Å². The van der Waals surface area contributed by atoms with Crippen LogP contribution in [0, 0.1) is 0 Å². The van der Waals surface area contributed by atoms with Crippen molar-refractivity contribution >= 4 is 34.1 Å². The second-order valence-electron chi connectivity index (χ2n) is 6.51. The van der Waals surface area contributed by atoms with E-state index in [4.69, 9.17) is 0 Å². The normalized spacial score (nSPS) is 15.2. The summed E-state index contributed by atoms with van der Waals surface area (Å²) in [5, 5.41) is 1.91. The number of para-hydroxylation sites is 2. The average molecular weight is 406 g/mol. The molecular formula is C19H17F3N4OS. The van der Waals surface area contributed by atoms with Crippen LogP contribution in [0.15, 0.2) is 41.8 Å². The third-order valence-electron chi connectivity index (χ3n) is 4.66. The van der Waals surface area contributed by atoms with Gasteiger partial charge in [0.05, 0.1) is 17.5 Å². The van der Waals surface area contributed by atoms with Crippen molar-refractivity contribution in [2.24, 2.45) is 0 Å². The Labute approximate surface area is 163 Å². The Morgan fingerprint density at radius 3 is 2.29 bits per heavy atom. The molecule has 4 rings (SSSR count). The molecule has 0 spiro atoms. The lowest BCUT2D eigenvalue weighted by Crippen LogP contribution is -2.50. The fourth-order valence-corrected chi connectivity index (χ4v) is 3.94. The van der Waals surface area contributed by atoms with Crippen molar-refractivity contribution in [2.75, 3.05) is 31.1 Å². The zero-order valence-corrected chi connectivity index (χ0v) is 15.6. The Balaban J connectivity index is 1.54. The van der Waals surface area contributed by atoms with Gasteiger partial charge in [0.2, 0.25) is 5.91 Å². The van der Waals surface area contributed by atoms with Gasteiger partial charge in [-0.05, 0) is 23.6 Å². The molecule has 0 N–H and O–H groups in total. The third kappa shape index (κ3) is 3.80. The highest BCUT2D eigenvalue weighted by molar-refractivity contribution is 7.10. The van der Waals surface area contributed by atoms with Crippen molar-refractivity contribution < 1.29 is 18.0 Å². The maximum atomic E-state index is 13.6. The lowest BCUT2D eigenvalue weighted by Gasteiger charge is -2.36. The molecule has 1 amide bonds. The van der Waals surface area contributed by atoms with Crippen molar-refractivity contribution in [3.8, 4) is 0 Å². The maximum absolute atomic E-state index is 13.6. The van der Waals surface area contributed by atoms with Gasteiger partial charge in [0.25, 0.3) is 0 Å². The molecule has 1 aromatic carbocycles. The summed E-state index contributed by atoms with van der Waals surface area (Å²) < 4.78 is 40.7. The molecule has 3 heterocycles. The van der Waals surface area contributed by atoms with Crippen LogP contribution in [0.5, 0.6) is 0 Å². The van der Waals surface area contributed by atoms with Crippen molar-refractivity contribution in [2.45, 2.75) is 12.6 Å². The minimum absolute atomic E-state index is 0.0114. The number of rotatable bonds is 3. The SMILES string of the molecule is O=C(Cc1cccs1)N1CCN(c2nc3ccccc3nc2C(F)(F)F)CC1. The first-order valence-corrected chi connectivity index (χ1v) is 9.69. The summed E-state index contributed by atoms with van der Waals surface area (Å²) >= 11 is 1.52. The van der Waals surface area contributed by atoms with Crippen LogP contribution in [-0.4, -0.2) is 47.0 Å². The smallest absolute Gasteiger partial charge is 0.351 e. The van der Waals surface area contributed by atoms with Gasteiger partial charge >= 0.3 is 6.18 Å². The molecular weight excluding hydrogens is 389 g/mol. The van der Waals surface area contributed by atoms with E-state index in [0.717, 1.165) is 4.88 Å². The van der Waals surface area contributed by atoms with Gasteiger partial charge in [-0.1, -0.05) is 18.2 Å². The number of piperazine rings is 1. The number of fused-ring (bicyclic) bond motifs is 1.